The summed E-state index contributed by atoms with van der Waals surface area (Å²) in [6.45, 7) is 0. The van der Waals surface area contributed by atoms with Crippen molar-refractivity contribution in [1.82, 2.24) is 0 Å². The predicted molar refractivity (Wildman–Crippen MR) is 58.5 cm³/mol. The van der Waals surface area contributed by atoms with Gasteiger partial charge in [0.1, 0.15) is 17.4 Å². The summed E-state index contributed by atoms with van der Waals surface area (Å²) >= 11 is 5.61. The highest BCUT2D eigenvalue weighted by atomic mass is 35.5. The molecule has 16 heavy (non-hydrogen) atoms. The third kappa shape index (κ3) is 1.86. The van der Waals surface area contributed by atoms with Gasteiger partial charge in [-0.05, 0) is 18.2 Å². The van der Waals surface area contributed by atoms with E-state index in [2.05, 4.69) is 0 Å². The van der Waals surface area contributed by atoms with Crippen LogP contribution in [0.5, 0.6) is 5.75 Å². The maximum absolute atomic E-state index is 13.4. The Hall–Kier alpha value is -1.61. The Balaban J connectivity index is 2.69. The largest absolute Gasteiger partial charge is 0.506 e. The summed E-state index contributed by atoms with van der Waals surface area (Å²) in [4.78, 5) is 0. The Morgan fingerprint density at radius 1 is 1.00 bits per heavy atom. The normalized spacial score (nSPS) is 10.4. The lowest BCUT2D eigenvalue weighted by Crippen LogP contribution is -1.87. The summed E-state index contributed by atoms with van der Waals surface area (Å²) in [5, 5.41) is 9.49. The lowest BCUT2D eigenvalue weighted by atomic mass is 10.0. The smallest absolute Gasteiger partial charge is 0.142 e. The van der Waals surface area contributed by atoms with Gasteiger partial charge in [-0.2, -0.15) is 0 Å². The van der Waals surface area contributed by atoms with Gasteiger partial charge in [-0.1, -0.05) is 29.8 Å². The number of halogens is 3. The van der Waals surface area contributed by atoms with Gasteiger partial charge in [-0.25, -0.2) is 8.78 Å². The van der Waals surface area contributed by atoms with Crippen LogP contribution in [0.15, 0.2) is 36.4 Å². The van der Waals surface area contributed by atoms with Gasteiger partial charge in [0, 0.05) is 11.1 Å². The Morgan fingerprint density at radius 2 is 1.69 bits per heavy atom. The molecule has 2 aromatic carbocycles. The van der Waals surface area contributed by atoms with Crippen LogP contribution in [0.4, 0.5) is 8.78 Å². The topological polar surface area (TPSA) is 20.2 Å². The van der Waals surface area contributed by atoms with Crippen molar-refractivity contribution in [3.63, 3.8) is 0 Å². The molecule has 0 aliphatic rings. The van der Waals surface area contributed by atoms with Crippen LogP contribution in [0.25, 0.3) is 11.1 Å². The fraction of sp³-hybridized carbons (Fsp3) is 0. The van der Waals surface area contributed by atoms with E-state index in [0.717, 1.165) is 12.1 Å². The van der Waals surface area contributed by atoms with Gasteiger partial charge in [-0.3, -0.25) is 0 Å². The van der Waals surface area contributed by atoms with E-state index in [9.17, 15) is 13.9 Å². The lowest BCUT2D eigenvalue weighted by molar-refractivity contribution is 0.475. The third-order valence-corrected chi connectivity index (χ3v) is 2.48. The van der Waals surface area contributed by atoms with E-state index in [4.69, 9.17) is 11.6 Å². The van der Waals surface area contributed by atoms with E-state index in [-0.39, 0.29) is 21.9 Å². The zero-order valence-electron chi connectivity index (χ0n) is 8.05. The minimum absolute atomic E-state index is 0.0445. The Labute approximate surface area is 95.9 Å². The van der Waals surface area contributed by atoms with Gasteiger partial charge in [0.05, 0.1) is 5.02 Å². The van der Waals surface area contributed by atoms with E-state index in [1.165, 1.54) is 18.2 Å². The van der Waals surface area contributed by atoms with Gasteiger partial charge >= 0.3 is 0 Å². The number of rotatable bonds is 1. The van der Waals surface area contributed by atoms with E-state index in [1.807, 2.05) is 0 Å². The van der Waals surface area contributed by atoms with Crippen LogP contribution in [0, 0.1) is 11.6 Å². The number of hydrogen-bond donors (Lipinski definition) is 1. The zero-order valence-corrected chi connectivity index (χ0v) is 8.80. The molecule has 2 rings (SSSR count). The highest BCUT2D eigenvalue weighted by molar-refractivity contribution is 6.32. The van der Waals surface area contributed by atoms with Crippen molar-refractivity contribution in [3.05, 3.63) is 53.1 Å². The molecule has 0 saturated carbocycles. The first-order chi connectivity index (χ1) is 7.59. The first-order valence-electron chi connectivity index (χ1n) is 4.52. The summed E-state index contributed by atoms with van der Waals surface area (Å²) < 4.78 is 26.5. The SMILES string of the molecule is Oc1c(Cl)cc(F)cc1-c1ccccc1F. The molecule has 0 heterocycles. The van der Waals surface area contributed by atoms with Crippen LogP contribution in [0.3, 0.4) is 0 Å². The highest BCUT2D eigenvalue weighted by Gasteiger charge is 2.13. The fourth-order valence-corrected chi connectivity index (χ4v) is 1.66. The number of hydrogen-bond acceptors (Lipinski definition) is 1. The minimum atomic E-state index is -0.624. The molecule has 0 saturated heterocycles. The fourth-order valence-electron chi connectivity index (χ4n) is 1.45. The van der Waals surface area contributed by atoms with Crippen molar-refractivity contribution in [3.8, 4) is 16.9 Å². The second-order valence-corrected chi connectivity index (χ2v) is 3.67. The Kier molecular flexibility index (Phi) is 2.79. The molecule has 0 spiro atoms. The van der Waals surface area contributed by atoms with Crippen LogP contribution >= 0.6 is 11.6 Å². The van der Waals surface area contributed by atoms with Crippen molar-refractivity contribution < 1.29 is 13.9 Å². The average Bonchev–Trinajstić information content (AvgIpc) is 2.24. The van der Waals surface area contributed by atoms with E-state index < -0.39 is 11.6 Å². The lowest BCUT2D eigenvalue weighted by Gasteiger charge is -2.07. The van der Waals surface area contributed by atoms with E-state index in [1.54, 1.807) is 6.07 Å². The average molecular weight is 241 g/mol. The van der Waals surface area contributed by atoms with E-state index >= 15 is 0 Å². The molecule has 0 unspecified atom stereocenters. The van der Waals surface area contributed by atoms with Crippen LogP contribution in [-0.4, -0.2) is 5.11 Å². The molecule has 1 nitrogen and oxygen atoms in total. The molecule has 0 aliphatic heterocycles. The van der Waals surface area contributed by atoms with Crippen LogP contribution in [0.1, 0.15) is 0 Å². The maximum atomic E-state index is 13.4. The maximum Gasteiger partial charge on any atom is 0.142 e. The molecular weight excluding hydrogens is 234 g/mol. The summed E-state index contributed by atoms with van der Waals surface area (Å²) in [5.74, 6) is -1.49. The van der Waals surface area contributed by atoms with Crippen LogP contribution < -0.4 is 0 Å². The van der Waals surface area contributed by atoms with Crippen molar-refractivity contribution in [2.45, 2.75) is 0 Å². The molecule has 4 heteroatoms. The number of benzene rings is 2. The van der Waals surface area contributed by atoms with E-state index in [0.29, 0.717) is 0 Å². The number of phenolic OH excluding ortho intramolecular Hbond substituents is 1. The standard InChI is InChI=1S/C12H7ClF2O/c13-10-6-7(14)5-9(12(10)16)8-3-1-2-4-11(8)15/h1-6,16H. The van der Waals surface area contributed by atoms with Crippen molar-refractivity contribution in [2.24, 2.45) is 0 Å². The van der Waals surface area contributed by atoms with Crippen molar-refractivity contribution in [1.29, 1.82) is 0 Å². The van der Waals surface area contributed by atoms with Crippen LogP contribution in [-0.2, 0) is 0 Å². The third-order valence-electron chi connectivity index (χ3n) is 2.19. The first-order valence-corrected chi connectivity index (χ1v) is 4.90. The Bertz CT molecular complexity index is 541. The number of phenols is 1. The minimum Gasteiger partial charge on any atom is -0.506 e. The summed E-state index contributed by atoms with van der Waals surface area (Å²) in [5.41, 5.74) is 0.157. The molecule has 0 aliphatic carbocycles. The van der Waals surface area contributed by atoms with Gasteiger partial charge in [0.15, 0.2) is 0 Å². The predicted octanol–water partition coefficient (Wildman–Crippen LogP) is 3.99. The second-order valence-electron chi connectivity index (χ2n) is 3.26. The Morgan fingerprint density at radius 3 is 2.38 bits per heavy atom. The van der Waals surface area contributed by atoms with Crippen LogP contribution in [0.2, 0.25) is 5.02 Å². The molecule has 0 amide bonds. The summed E-state index contributed by atoms with van der Waals surface area (Å²) in [7, 11) is 0. The summed E-state index contributed by atoms with van der Waals surface area (Å²) in [6.07, 6.45) is 0. The van der Waals surface area contributed by atoms with Gasteiger partial charge in [0.2, 0.25) is 0 Å². The first kappa shape index (κ1) is 10.9. The molecular formula is C12H7ClF2O. The monoisotopic (exact) mass is 240 g/mol. The molecule has 0 fully saturated rings. The molecule has 82 valence electrons. The molecule has 0 bridgehead atoms. The molecule has 0 atom stereocenters. The van der Waals surface area contributed by atoms with Gasteiger partial charge in [0.25, 0.3) is 0 Å². The molecule has 2 aromatic rings. The van der Waals surface area contributed by atoms with Gasteiger partial charge in [-0.15, -0.1) is 0 Å². The summed E-state index contributed by atoms with van der Waals surface area (Å²) in [6, 6.07) is 7.79. The van der Waals surface area contributed by atoms with Crippen molar-refractivity contribution in [2.75, 3.05) is 0 Å². The quantitative estimate of drug-likeness (QED) is 0.799. The molecule has 0 aromatic heterocycles. The van der Waals surface area contributed by atoms with Crippen molar-refractivity contribution >= 4 is 11.6 Å². The van der Waals surface area contributed by atoms with Gasteiger partial charge < -0.3 is 5.11 Å². The molecule has 0 radical (unpaired) electrons. The zero-order chi connectivity index (χ0) is 11.7. The highest BCUT2D eigenvalue weighted by Crippen LogP contribution is 2.36. The molecule has 1 N–H and O–H groups in total. The number of aromatic hydroxyl groups is 1. The second kappa shape index (κ2) is 4.10.